The van der Waals surface area contributed by atoms with Crippen molar-refractivity contribution in [3.05, 3.63) is 35.4 Å². The zero-order valence-electron chi connectivity index (χ0n) is 10.2. The van der Waals surface area contributed by atoms with Crippen molar-refractivity contribution in [1.82, 2.24) is 4.90 Å². The molecule has 1 saturated heterocycles. The molecular formula is C15H21N. The summed E-state index contributed by atoms with van der Waals surface area (Å²) in [5.41, 5.74) is 3.23. The van der Waals surface area contributed by atoms with Crippen molar-refractivity contribution >= 4 is 0 Å². The lowest BCUT2D eigenvalue weighted by Crippen LogP contribution is -2.46. The molecule has 2 atom stereocenters. The van der Waals surface area contributed by atoms with Crippen LogP contribution >= 0.6 is 0 Å². The van der Waals surface area contributed by atoms with Crippen LogP contribution in [0.1, 0.15) is 30.9 Å². The molecule has 2 aliphatic heterocycles. The van der Waals surface area contributed by atoms with Crippen LogP contribution in [0.5, 0.6) is 0 Å². The van der Waals surface area contributed by atoms with Crippen LogP contribution in [0.4, 0.5) is 0 Å². The first-order valence-corrected chi connectivity index (χ1v) is 6.67. The summed E-state index contributed by atoms with van der Waals surface area (Å²) in [6.07, 6.45) is 5.43. The molecule has 3 aliphatic rings. The van der Waals surface area contributed by atoms with Gasteiger partial charge in [-0.05, 0) is 49.3 Å². The summed E-state index contributed by atoms with van der Waals surface area (Å²) in [4.78, 5) is 2.70. The van der Waals surface area contributed by atoms with Gasteiger partial charge in [-0.25, -0.2) is 0 Å². The highest BCUT2D eigenvalue weighted by atomic mass is 15.2. The third-order valence-electron chi connectivity index (χ3n) is 4.41. The Bertz CT molecular complexity index is 371. The highest BCUT2D eigenvalue weighted by Crippen LogP contribution is 2.31. The molecule has 0 aromatic heterocycles. The molecule has 0 amide bonds. The normalized spacial score (nSPS) is 29.6. The van der Waals surface area contributed by atoms with Crippen LogP contribution in [-0.2, 0) is 12.8 Å². The van der Waals surface area contributed by atoms with E-state index in [-0.39, 0.29) is 0 Å². The molecule has 0 radical (unpaired) electrons. The fourth-order valence-electron chi connectivity index (χ4n) is 3.49. The maximum absolute atomic E-state index is 2.70. The van der Waals surface area contributed by atoms with Gasteiger partial charge in [-0.3, -0.25) is 0 Å². The number of piperidine rings is 1. The number of benzene rings is 1. The zero-order valence-corrected chi connectivity index (χ0v) is 10.2. The highest BCUT2D eigenvalue weighted by Gasteiger charge is 2.30. The van der Waals surface area contributed by atoms with E-state index in [1.54, 1.807) is 11.1 Å². The summed E-state index contributed by atoms with van der Waals surface area (Å²) in [7, 11) is 0. The van der Waals surface area contributed by atoms with E-state index in [1.807, 2.05) is 0 Å². The van der Waals surface area contributed by atoms with Gasteiger partial charge in [-0.2, -0.15) is 0 Å². The molecule has 86 valence electrons. The van der Waals surface area contributed by atoms with E-state index in [4.69, 9.17) is 0 Å². The van der Waals surface area contributed by atoms with Crippen molar-refractivity contribution < 1.29 is 0 Å². The minimum Gasteiger partial charge on any atom is -0.300 e. The summed E-state index contributed by atoms with van der Waals surface area (Å²) >= 11 is 0. The molecule has 16 heavy (non-hydrogen) atoms. The Labute approximate surface area is 98.5 Å². The Morgan fingerprint density at radius 2 is 1.88 bits per heavy atom. The van der Waals surface area contributed by atoms with Gasteiger partial charge in [0.1, 0.15) is 0 Å². The average molecular weight is 215 g/mol. The summed E-state index contributed by atoms with van der Waals surface area (Å²) in [6, 6.07) is 9.88. The van der Waals surface area contributed by atoms with Crippen molar-refractivity contribution in [2.24, 2.45) is 5.92 Å². The standard InChI is InChI=1S/C15H21N/c1-2-16-11-12-7-8-15(16)10-14-6-4-3-5-13(14)9-12/h3-6,12,15H,2,7-11H2,1H3/t12-,15+/m0/s1. The molecule has 0 spiro atoms. The van der Waals surface area contributed by atoms with Gasteiger partial charge in [0.05, 0.1) is 0 Å². The smallest absolute Gasteiger partial charge is 0.0136 e. The van der Waals surface area contributed by atoms with Crippen molar-refractivity contribution in [2.75, 3.05) is 13.1 Å². The molecule has 1 aromatic carbocycles. The highest BCUT2D eigenvalue weighted by molar-refractivity contribution is 5.29. The van der Waals surface area contributed by atoms with E-state index >= 15 is 0 Å². The van der Waals surface area contributed by atoms with Gasteiger partial charge in [-0.15, -0.1) is 0 Å². The van der Waals surface area contributed by atoms with Crippen LogP contribution in [0.25, 0.3) is 0 Å². The van der Waals surface area contributed by atoms with Crippen LogP contribution in [0.3, 0.4) is 0 Å². The molecule has 2 bridgehead atoms. The van der Waals surface area contributed by atoms with Crippen molar-refractivity contribution in [3.8, 4) is 0 Å². The average Bonchev–Trinajstić information content (AvgIpc) is 2.28. The first kappa shape index (κ1) is 10.3. The van der Waals surface area contributed by atoms with E-state index in [9.17, 15) is 0 Å². The summed E-state index contributed by atoms with van der Waals surface area (Å²) in [5, 5.41) is 0. The van der Waals surface area contributed by atoms with E-state index in [2.05, 4.69) is 36.1 Å². The van der Waals surface area contributed by atoms with Crippen molar-refractivity contribution in [1.29, 1.82) is 0 Å². The number of nitrogens with zero attached hydrogens (tertiary/aromatic N) is 1. The quantitative estimate of drug-likeness (QED) is 0.696. The van der Waals surface area contributed by atoms with Crippen LogP contribution in [0.2, 0.25) is 0 Å². The fourth-order valence-corrected chi connectivity index (χ4v) is 3.49. The molecule has 1 nitrogen and oxygen atoms in total. The first-order chi connectivity index (χ1) is 7.86. The van der Waals surface area contributed by atoms with Crippen molar-refractivity contribution in [3.63, 3.8) is 0 Å². The Kier molecular flexibility index (Phi) is 2.72. The van der Waals surface area contributed by atoms with Gasteiger partial charge in [0, 0.05) is 12.6 Å². The van der Waals surface area contributed by atoms with E-state index in [1.165, 1.54) is 38.8 Å². The SMILES string of the molecule is CCN1C[C@H]2CC[C@@H]1Cc1ccccc1C2. The lowest BCUT2D eigenvalue weighted by atomic mass is 9.80. The molecular weight excluding hydrogens is 194 g/mol. The lowest BCUT2D eigenvalue weighted by molar-refractivity contribution is 0.107. The van der Waals surface area contributed by atoms with Crippen LogP contribution in [0.15, 0.2) is 24.3 Å². The largest absolute Gasteiger partial charge is 0.300 e. The minimum atomic E-state index is 0.808. The van der Waals surface area contributed by atoms with Gasteiger partial charge in [-0.1, -0.05) is 31.2 Å². The van der Waals surface area contributed by atoms with Gasteiger partial charge in [0.15, 0.2) is 0 Å². The first-order valence-electron chi connectivity index (χ1n) is 6.67. The van der Waals surface area contributed by atoms with Crippen molar-refractivity contribution in [2.45, 2.75) is 38.6 Å². The Hall–Kier alpha value is -0.820. The zero-order chi connectivity index (χ0) is 11.0. The molecule has 1 heteroatoms. The van der Waals surface area contributed by atoms with Crippen LogP contribution < -0.4 is 0 Å². The lowest BCUT2D eigenvalue weighted by Gasteiger charge is -2.42. The van der Waals surface area contributed by atoms with E-state index in [0.29, 0.717) is 0 Å². The maximum Gasteiger partial charge on any atom is 0.0136 e. The van der Waals surface area contributed by atoms with E-state index in [0.717, 1.165) is 12.0 Å². The Morgan fingerprint density at radius 1 is 1.12 bits per heavy atom. The molecule has 1 aromatic rings. The number of rotatable bonds is 1. The van der Waals surface area contributed by atoms with Crippen LogP contribution in [0, 0.1) is 5.92 Å². The number of likely N-dealkylation sites (N-methyl/N-ethyl adjacent to an activating group) is 1. The number of fused-ring (bicyclic) bond motifs is 2. The number of hydrogen-bond donors (Lipinski definition) is 0. The second kappa shape index (κ2) is 4.21. The van der Waals surface area contributed by atoms with Gasteiger partial charge < -0.3 is 4.90 Å². The molecule has 0 saturated carbocycles. The third kappa shape index (κ3) is 1.78. The second-order valence-corrected chi connectivity index (χ2v) is 5.36. The van der Waals surface area contributed by atoms with E-state index < -0.39 is 0 Å². The molecule has 1 fully saturated rings. The fraction of sp³-hybridized carbons (Fsp3) is 0.600. The predicted molar refractivity (Wildman–Crippen MR) is 67.6 cm³/mol. The molecule has 1 aliphatic carbocycles. The molecule has 4 rings (SSSR count). The summed E-state index contributed by atoms with van der Waals surface area (Å²) < 4.78 is 0. The maximum atomic E-state index is 2.70. The molecule has 0 unspecified atom stereocenters. The number of hydrogen-bond acceptors (Lipinski definition) is 1. The topological polar surface area (TPSA) is 3.24 Å². The monoisotopic (exact) mass is 215 g/mol. The van der Waals surface area contributed by atoms with Gasteiger partial charge in [0.25, 0.3) is 0 Å². The molecule has 2 heterocycles. The summed E-state index contributed by atoms with van der Waals surface area (Å²) in [5.74, 6) is 0.901. The van der Waals surface area contributed by atoms with Crippen LogP contribution in [-0.4, -0.2) is 24.0 Å². The molecule has 0 N–H and O–H groups in total. The van der Waals surface area contributed by atoms with Gasteiger partial charge in [0.2, 0.25) is 0 Å². The summed E-state index contributed by atoms with van der Waals surface area (Å²) in [6.45, 7) is 4.86. The Morgan fingerprint density at radius 3 is 2.62 bits per heavy atom. The van der Waals surface area contributed by atoms with Gasteiger partial charge >= 0.3 is 0 Å². The third-order valence-corrected chi connectivity index (χ3v) is 4.41. The Balaban J connectivity index is 1.94. The minimum absolute atomic E-state index is 0.808. The predicted octanol–water partition coefficient (Wildman–Crippen LogP) is 2.89. The second-order valence-electron chi connectivity index (χ2n) is 5.36.